The highest BCUT2D eigenvalue weighted by Crippen LogP contribution is 2.34. The summed E-state index contributed by atoms with van der Waals surface area (Å²) in [7, 11) is 1.46. The van der Waals surface area contributed by atoms with E-state index in [1.807, 2.05) is 49.6 Å². The summed E-state index contributed by atoms with van der Waals surface area (Å²) >= 11 is 2.29. The average Bonchev–Trinajstić information content (AvgIpc) is 3.20. The van der Waals surface area contributed by atoms with Gasteiger partial charge in [0.15, 0.2) is 18.1 Å². The third-order valence-electron chi connectivity index (χ3n) is 5.79. The lowest BCUT2D eigenvalue weighted by Gasteiger charge is -2.13. The highest BCUT2D eigenvalue weighted by Gasteiger charge is 2.36. The molecule has 1 aliphatic heterocycles. The number of hydrogen-bond donors (Lipinski definition) is 2. The first-order valence-corrected chi connectivity index (χ1v) is 14.2. The Labute approximate surface area is 240 Å². The van der Waals surface area contributed by atoms with Crippen LogP contribution in [0.2, 0.25) is 0 Å². The highest BCUT2D eigenvalue weighted by atomic mass is 32.2. The van der Waals surface area contributed by atoms with Gasteiger partial charge in [0.05, 0.1) is 12.0 Å². The third-order valence-corrected chi connectivity index (χ3v) is 7.42. The molecule has 9 nitrogen and oxygen atoms in total. The standard InChI is InChI=1S/C29H27N3O6S2/c1-18-7-4-5-10-22(18)31-27(34)17-38-23-12-11-19(13-24(23)37-2)14-25-28(35)32(29(36)40-25)16-26(33)30-20-8-6-9-21(15-20)39-3/h4-15H,16-17H2,1-3H3,(H,30,33)(H,31,34)/b25-14-. The number of imide groups is 1. The fraction of sp³-hybridized carbons (Fsp3) is 0.172. The van der Waals surface area contributed by atoms with Gasteiger partial charge in [0.1, 0.15) is 6.54 Å². The number of ether oxygens (including phenoxy) is 2. The average molecular weight is 578 g/mol. The molecule has 0 spiro atoms. The lowest BCUT2D eigenvalue weighted by Crippen LogP contribution is -2.36. The van der Waals surface area contributed by atoms with Gasteiger partial charge in [-0.2, -0.15) is 0 Å². The molecule has 1 heterocycles. The van der Waals surface area contributed by atoms with Crippen LogP contribution in [0.3, 0.4) is 0 Å². The van der Waals surface area contributed by atoms with Crippen LogP contribution in [0, 0.1) is 6.92 Å². The van der Waals surface area contributed by atoms with Crippen LogP contribution in [0.25, 0.3) is 6.08 Å². The maximum atomic E-state index is 12.9. The Morgan fingerprint density at radius 3 is 2.52 bits per heavy atom. The lowest BCUT2D eigenvalue weighted by atomic mass is 10.2. The van der Waals surface area contributed by atoms with Crippen molar-refractivity contribution < 1.29 is 28.7 Å². The van der Waals surface area contributed by atoms with E-state index in [-0.39, 0.29) is 17.4 Å². The van der Waals surface area contributed by atoms with Gasteiger partial charge in [-0.05, 0) is 78.5 Å². The maximum Gasteiger partial charge on any atom is 0.294 e. The number of benzene rings is 3. The van der Waals surface area contributed by atoms with Gasteiger partial charge < -0.3 is 20.1 Å². The molecule has 0 radical (unpaired) electrons. The minimum absolute atomic E-state index is 0.176. The fourth-order valence-corrected chi connectivity index (χ4v) is 5.07. The number of carbonyl (C=O) groups is 4. The Hall–Kier alpha value is -4.22. The van der Waals surface area contributed by atoms with Crippen LogP contribution in [-0.4, -0.2) is 54.4 Å². The molecule has 1 aliphatic rings. The zero-order valence-corrected chi connectivity index (χ0v) is 23.7. The number of para-hydroxylation sites is 1. The minimum atomic E-state index is -0.560. The number of rotatable bonds is 10. The van der Waals surface area contributed by atoms with Crippen LogP contribution in [0.4, 0.5) is 16.2 Å². The van der Waals surface area contributed by atoms with Gasteiger partial charge in [-0.15, -0.1) is 11.8 Å². The zero-order valence-electron chi connectivity index (χ0n) is 22.1. The number of carbonyl (C=O) groups excluding carboxylic acids is 4. The molecule has 0 unspecified atom stereocenters. The van der Waals surface area contributed by atoms with Crippen LogP contribution in [-0.2, 0) is 14.4 Å². The molecule has 0 aliphatic carbocycles. The topological polar surface area (TPSA) is 114 Å². The molecule has 0 atom stereocenters. The highest BCUT2D eigenvalue weighted by molar-refractivity contribution is 8.18. The molecule has 0 saturated carbocycles. The van der Waals surface area contributed by atoms with E-state index in [4.69, 9.17) is 9.47 Å². The van der Waals surface area contributed by atoms with Crippen molar-refractivity contribution in [2.45, 2.75) is 11.8 Å². The second-order valence-corrected chi connectivity index (χ2v) is 10.5. The van der Waals surface area contributed by atoms with E-state index >= 15 is 0 Å². The summed E-state index contributed by atoms with van der Waals surface area (Å²) in [5, 5.41) is 4.99. The van der Waals surface area contributed by atoms with E-state index in [9.17, 15) is 19.2 Å². The van der Waals surface area contributed by atoms with Crippen molar-refractivity contribution in [3.63, 3.8) is 0 Å². The van der Waals surface area contributed by atoms with E-state index in [1.165, 1.54) is 18.9 Å². The zero-order chi connectivity index (χ0) is 28.6. The van der Waals surface area contributed by atoms with Gasteiger partial charge in [0.2, 0.25) is 5.91 Å². The number of methoxy groups -OCH3 is 1. The van der Waals surface area contributed by atoms with Crippen LogP contribution < -0.4 is 20.1 Å². The number of hydrogen-bond acceptors (Lipinski definition) is 8. The first-order valence-electron chi connectivity index (χ1n) is 12.1. The van der Waals surface area contributed by atoms with E-state index in [0.717, 1.165) is 27.1 Å². The summed E-state index contributed by atoms with van der Waals surface area (Å²) in [5.74, 6) is -0.667. The maximum absolute atomic E-state index is 12.9. The van der Waals surface area contributed by atoms with Crippen molar-refractivity contribution >= 4 is 63.9 Å². The molecule has 0 aromatic heterocycles. The van der Waals surface area contributed by atoms with Gasteiger partial charge in [-0.25, -0.2) is 0 Å². The smallest absolute Gasteiger partial charge is 0.294 e. The van der Waals surface area contributed by atoms with Gasteiger partial charge in [-0.1, -0.05) is 30.3 Å². The van der Waals surface area contributed by atoms with Crippen LogP contribution >= 0.6 is 23.5 Å². The number of anilines is 2. The molecule has 0 bridgehead atoms. The van der Waals surface area contributed by atoms with Crippen molar-refractivity contribution in [3.8, 4) is 11.5 Å². The van der Waals surface area contributed by atoms with Crippen LogP contribution in [0.15, 0.2) is 76.5 Å². The molecule has 40 heavy (non-hydrogen) atoms. The summed E-state index contributed by atoms with van der Waals surface area (Å²) < 4.78 is 11.1. The predicted octanol–water partition coefficient (Wildman–Crippen LogP) is 5.42. The summed E-state index contributed by atoms with van der Waals surface area (Å²) in [6.45, 7) is 1.27. The second kappa shape index (κ2) is 13.2. The molecular formula is C29H27N3O6S2. The third kappa shape index (κ3) is 7.25. The van der Waals surface area contributed by atoms with Gasteiger partial charge >= 0.3 is 0 Å². The molecule has 4 rings (SSSR count). The molecular weight excluding hydrogens is 550 g/mol. The van der Waals surface area contributed by atoms with Crippen molar-refractivity contribution in [1.29, 1.82) is 0 Å². The molecule has 4 amide bonds. The molecule has 206 valence electrons. The molecule has 3 aromatic carbocycles. The first-order chi connectivity index (χ1) is 19.3. The number of nitrogens with one attached hydrogen (secondary N) is 2. The van der Waals surface area contributed by atoms with Crippen LogP contribution in [0.1, 0.15) is 11.1 Å². The summed E-state index contributed by atoms with van der Waals surface area (Å²) in [4.78, 5) is 52.4. The number of nitrogens with zero attached hydrogens (tertiary/aromatic N) is 1. The Balaban J connectivity index is 1.38. The molecule has 1 saturated heterocycles. The normalized spacial score (nSPS) is 13.9. The molecule has 11 heteroatoms. The number of amides is 4. The fourth-order valence-electron chi connectivity index (χ4n) is 3.77. The monoisotopic (exact) mass is 577 g/mol. The Bertz CT molecular complexity index is 1490. The summed E-state index contributed by atoms with van der Waals surface area (Å²) in [5.41, 5.74) is 2.80. The van der Waals surface area contributed by atoms with Crippen molar-refractivity contribution in [1.82, 2.24) is 4.90 Å². The van der Waals surface area contributed by atoms with Gasteiger partial charge in [-0.3, -0.25) is 24.1 Å². The Morgan fingerprint density at radius 1 is 0.975 bits per heavy atom. The quantitative estimate of drug-likeness (QED) is 0.243. The Morgan fingerprint density at radius 2 is 1.77 bits per heavy atom. The summed E-state index contributed by atoms with van der Waals surface area (Å²) in [6, 6.07) is 19.6. The number of thioether (sulfide) groups is 2. The van der Waals surface area contributed by atoms with Crippen molar-refractivity contribution in [2.24, 2.45) is 0 Å². The molecule has 1 fully saturated rings. The predicted molar refractivity (Wildman–Crippen MR) is 158 cm³/mol. The Kier molecular flexibility index (Phi) is 9.52. The van der Waals surface area contributed by atoms with Gasteiger partial charge in [0, 0.05) is 16.3 Å². The summed E-state index contributed by atoms with van der Waals surface area (Å²) in [6.07, 6.45) is 3.47. The van der Waals surface area contributed by atoms with E-state index in [2.05, 4.69) is 10.6 Å². The van der Waals surface area contributed by atoms with E-state index in [1.54, 1.807) is 36.4 Å². The van der Waals surface area contributed by atoms with Gasteiger partial charge in [0.25, 0.3) is 17.1 Å². The van der Waals surface area contributed by atoms with Crippen LogP contribution in [0.5, 0.6) is 11.5 Å². The second-order valence-electron chi connectivity index (χ2n) is 8.61. The molecule has 2 N–H and O–H groups in total. The lowest BCUT2D eigenvalue weighted by molar-refractivity contribution is -0.127. The van der Waals surface area contributed by atoms with Crippen molar-refractivity contribution in [2.75, 3.05) is 37.2 Å². The molecule has 3 aromatic rings. The number of aryl methyl sites for hydroxylation is 1. The SMILES string of the molecule is COc1cc(/C=C2\SC(=O)N(CC(=O)Nc3cccc(SC)c3)C2=O)ccc1OCC(=O)Nc1ccccc1C. The largest absolute Gasteiger partial charge is 0.493 e. The van der Waals surface area contributed by atoms with E-state index in [0.29, 0.717) is 28.4 Å². The minimum Gasteiger partial charge on any atom is -0.493 e. The van der Waals surface area contributed by atoms with E-state index < -0.39 is 23.6 Å². The first kappa shape index (κ1) is 28.8. The van der Waals surface area contributed by atoms with Crippen molar-refractivity contribution in [3.05, 3.63) is 82.8 Å².